The van der Waals surface area contributed by atoms with Crippen molar-refractivity contribution < 1.29 is 14.7 Å². The summed E-state index contributed by atoms with van der Waals surface area (Å²) in [5.74, 6) is 0.642. The third-order valence-electron chi connectivity index (χ3n) is 10.7. The Morgan fingerprint density at radius 2 is 1.78 bits per heavy atom. The SMILES string of the molecule is CC1=C(O)C(=O)C=C2C1=CC=C1[C@@]2(C)[C@@H](Br)C[C@@]2(C)[C@@H]3C[C@@H](C)C(=O)C[C@]3(C)CC[C@]12C. The van der Waals surface area contributed by atoms with Crippen LogP contribution in [0.2, 0.25) is 0 Å². The summed E-state index contributed by atoms with van der Waals surface area (Å²) >= 11 is 4.12. The number of aliphatic hydroxyl groups is 1. The first-order valence-corrected chi connectivity index (χ1v) is 13.0. The second-order valence-corrected chi connectivity index (χ2v) is 13.3. The molecule has 5 rings (SSSR count). The van der Waals surface area contributed by atoms with Gasteiger partial charge in [0.25, 0.3) is 0 Å². The molecule has 3 nitrogen and oxygen atoms in total. The molecule has 0 heterocycles. The molecule has 0 spiro atoms. The minimum atomic E-state index is -0.306. The van der Waals surface area contributed by atoms with E-state index in [2.05, 4.69) is 62.7 Å². The Morgan fingerprint density at radius 3 is 2.47 bits per heavy atom. The first-order chi connectivity index (χ1) is 14.8. The van der Waals surface area contributed by atoms with Gasteiger partial charge in [-0.25, -0.2) is 0 Å². The molecule has 5 aliphatic carbocycles. The van der Waals surface area contributed by atoms with Crippen molar-refractivity contribution in [2.45, 2.75) is 78.5 Å². The van der Waals surface area contributed by atoms with E-state index < -0.39 is 0 Å². The predicted octanol–water partition coefficient (Wildman–Crippen LogP) is 6.80. The summed E-state index contributed by atoms with van der Waals surface area (Å²) < 4.78 is 0. The molecule has 0 aromatic heterocycles. The van der Waals surface area contributed by atoms with Crippen LogP contribution in [0.5, 0.6) is 0 Å². The smallest absolute Gasteiger partial charge is 0.220 e. The summed E-state index contributed by atoms with van der Waals surface area (Å²) in [7, 11) is 0. The Balaban J connectivity index is 1.69. The Bertz CT molecular complexity index is 1080. The molecular formula is C28H35BrO3. The van der Waals surface area contributed by atoms with Crippen LogP contribution in [0.4, 0.5) is 0 Å². The number of hydrogen-bond donors (Lipinski definition) is 1. The van der Waals surface area contributed by atoms with Gasteiger partial charge in [0.05, 0.1) is 0 Å². The number of aliphatic hydroxyl groups excluding tert-OH is 1. The largest absolute Gasteiger partial charge is 0.504 e. The Kier molecular flexibility index (Phi) is 4.60. The average molecular weight is 499 g/mol. The Morgan fingerprint density at radius 1 is 1.09 bits per heavy atom. The maximum absolute atomic E-state index is 12.7. The molecule has 32 heavy (non-hydrogen) atoms. The van der Waals surface area contributed by atoms with Crippen molar-refractivity contribution in [3.8, 4) is 0 Å². The zero-order chi connectivity index (χ0) is 23.4. The number of carbonyl (C=O) groups is 2. The number of Topliss-reactive ketones (excluding diaryl/α,β-unsaturated/α-hetero) is 1. The van der Waals surface area contributed by atoms with Gasteiger partial charge in [-0.05, 0) is 72.0 Å². The second-order valence-electron chi connectivity index (χ2n) is 12.2. The van der Waals surface area contributed by atoms with Gasteiger partial charge in [0.15, 0.2) is 5.76 Å². The van der Waals surface area contributed by atoms with E-state index in [1.807, 2.05) is 6.92 Å². The van der Waals surface area contributed by atoms with Crippen LogP contribution in [-0.4, -0.2) is 21.5 Å². The van der Waals surface area contributed by atoms with Crippen LogP contribution in [0.15, 0.2) is 46.3 Å². The lowest BCUT2D eigenvalue weighted by Gasteiger charge is -2.70. The molecule has 0 saturated heterocycles. The van der Waals surface area contributed by atoms with Gasteiger partial charge in [-0.2, -0.15) is 0 Å². The van der Waals surface area contributed by atoms with Gasteiger partial charge in [-0.3, -0.25) is 9.59 Å². The number of ketones is 2. The molecule has 4 heteroatoms. The average Bonchev–Trinajstić information content (AvgIpc) is 2.72. The van der Waals surface area contributed by atoms with Crippen LogP contribution < -0.4 is 0 Å². The molecule has 3 fully saturated rings. The normalized spacial score (nSPS) is 48.1. The molecule has 1 N–H and O–H groups in total. The van der Waals surface area contributed by atoms with Crippen LogP contribution in [0, 0.1) is 33.5 Å². The van der Waals surface area contributed by atoms with Gasteiger partial charge in [-0.15, -0.1) is 0 Å². The molecule has 5 aliphatic rings. The van der Waals surface area contributed by atoms with Gasteiger partial charge < -0.3 is 5.11 Å². The fourth-order valence-electron chi connectivity index (χ4n) is 8.36. The number of alkyl halides is 1. The fourth-order valence-corrected chi connectivity index (χ4v) is 9.53. The third-order valence-corrected chi connectivity index (χ3v) is 11.9. The third kappa shape index (κ3) is 2.48. The van der Waals surface area contributed by atoms with Crippen molar-refractivity contribution in [3.63, 3.8) is 0 Å². The fraction of sp³-hybridized carbons (Fsp3) is 0.643. The van der Waals surface area contributed by atoms with E-state index in [-0.39, 0.29) is 43.9 Å². The summed E-state index contributed by atoms with van der Waals surface area (Å²) in [6.45, 7) is 13.5. The lowest BCUT2D eigenvalue weighted by molar-refractivity contribution is -0.160. The van der Waals surface area contributed by atoms with Gasteiger partial charge in [0, 0.05) is 28.2 Å². The van der Waals surface area contributed by atoms with Gasteiger partial charge in [-0.1, -0.05) is 68.3 Å². The minimum Gasteiger partial charge on any atom is -0.504 e. The zero-order valence-electron chi connectivity index (χ0n) is 20.1. The Hall–Kier alpha value is -1.42. The molecule has 0 aliphatic heterocycles. The summed E-state index contributed by atoms with van der Waals surface area (Å²) in [5, 5.41) is 10.3. The van der Waals surface area contributed by atoms with Crippen molar-refractivity contribution in [1.29, 1.82) is 0 Å². The summed E-state index contributed by atoms with van der Waals surface area (Å²) in [6.07, 6.45) is 10.9. The number of allylic oxidation sites excluding steroid dienone is 7. The van der Waals surface area contributed by atoms with Crippen molar-refractivity contribution in [3.05, 3.63) is 46.3 Å². The number of fused-ring (bicyclic) bond motifs is 7. The number of rotatable bonds is 0. The highest BCUT2D eigenvalue weighted by Gasteiger charge is 2.68. The summed E-state index contributed by atoms with van der Waals surface area (Å²) in [5.41, 5.74) is 3.93. The molecule has 7 atom stereocenters. The van der Waals surface area contributed by atoms with E-state index in [0.717, 1.165) is 36.8 Å². The van der Waals surface area contributed by atoms with E-state index in [1.165, 1.54) is 5.57 Å². The van der Waals surface area contributed by atoms with Crippen molar-refractivity contribution in [2.24, 2.45) is 33.5 Å². The zero-order valence-corrected chi connectivity index (χ0v) is 21.7. The van der Waals surface area contributed by atoms with E-state index in [0.29, 0.717) is 23.7 Å². The van der Waals surface area contributed by atoms with E-state index in [4.69, 9.17) is 0 Å². The van der Waals surface area contributed by atoms with Crippen molar-refractivity contribution in [1.82, 2.24) is 0 Å². The molecule has 0 unspecified atom stereocenters. The number of hydrogen-bond acceptors (Lipinski definition) is 3. The monoisotopic (exact) mass is 498 g/mol. The summed E-state index contributed by atoms with van der Waals surface area (Å²) in [4.78, 5) is 25.5. The molecule has 0 aromatic rings. The number of halogens is 1. The van der Waals surface area contributed by atoms with Crippen LogP contribution in [0.3, 0.4) is 0 Å². The number of carbonyl (C=O) groups excluding carboxylic acids is 2. The predicted molar refractivity (Wildman–Crippen MR) is 130 cm³/mol. The molecule has 172 valence electrons. The first kappa shape index (κ1) is 22.4. The quantitative estimate of drug-likeness (QED) is 0.373. The molecule has 0 radical (unpaired) electrons. The van der Waals surface area contributed by atoms with Crippen molar-refractivity contribution in [2.75, 3.05) is 0 Å². The highest BCUT2D eigenvalue weighted by molar-refractivity contribution is 9.09. The van der Waals surface area contributed by atoms with E-state index in [9.17, 15) is 14.7 Å². The van der Waals surface area contributed by atoms with Gasteiger partial charge in [0.2, 0.25) is 5.78 Å². The maximum Gasteiger partial charge on any atom is 0.220 e. The Labute approximate surface area is 200 Å². The van der Waals surface area contributed by atoms with E-state index in [1.54, 1.807) is 6.08 Å². The highest BCUT2D eigenvalue weighted by atomic mass is 79.9. The lowest BCUT2D eigenvalue weighted by atomic mass is 9.35. The minimum absolute atomic E-state index is 0.0146. The standard InChI is InChI=1S/C28H35BrO3/c1-15-11-22-25(3,13-20(15)31)9-10-26(4)21-8-7-17-16(2)24(32)19(30)12-18(17)28(21,6)23(29)14-27(22,26)5/h7-8,12,15,22-23,32H,9-11,13-14H2,1-6H3/t15-,22-,23+,25+,26-,27+,28+/m1/s1. The summed E-state index contributed by atoms with van der Waals surface area (Å²) in [6, 6.07) is 0. The topological polar surface area (TPSA) is 54.4 Å². The molecule has 0 bridgehead atoms. The highest BCUT2D eigenvalue weighted by Crippen LogP contribution is 2.75. The van der Waals surface area contributed by atoms with Gasteiger partial charge >= 0.3 is 0 Å². The van der Waals surface area contributed by atoms with Crippen LogP contribution in [-0.2, 0) is 9.59 Å². The van der Waals surface area contributed by atoms with E-state index >= 15 is 0 Å². The first-order valence-electron chi connectivity index (χ1n) is 12.1. The van der Waals surface area contributed by atoms with Gasteiger partial charge in [0.1, 0.15) is 5.78 Å². The molecule has 0 aromatic carbocycles. The maximum atomic E-state index is 12.7. The molecular weight excluding hydrogens is 464 g/mol. The molecule has 3 saturated carbocycles. The van der Waals surface area contributed by atoms with Crippen LogP contribution >= 0.6 is 15.9 Å². The lowest BCUT2D eigenvalue weighted by Crippen LogP contribution is -2.64. The van der Waals surface area contributed by atoms with Crippen LogP contribution in [0.25, 0.3) is 0 Å². The van der Waals surface area contributed by atoms with Crippen LogP contribution in [0.1, 0.15) is 73.6 Å². The molecule has 0 amide bonds. The second kappa shape index (κ2) is 6.58. The van der Waals surface area contributed by atoms with Crippen molar-refractivity contribution >= 4 is 27.5 Å².